The summed E-state index contributed by atoms with van der Waals surface area (Å²) in [5, 5.41) is 21.0. The lowest BCUT2D eigenvalue weighted by molar-refractivity contribution is -0.274. The summed E-state index contributed by atoms with van der Waals surface area (Å²) < 4.78 is 71.2. The lowest BCUT2D eigenvalue weighted by Crippen LogP contribution is -2.16. The molecule has 4 aromatic rings. The predicted molar refractivity (Wildman–Crippen MR) is 151 cm³/mol. The largest absolute Gasteiger partial charge is 0.573 e. The summed E-state index contributed by atoms with van der Waals surface area (Å²) in [4.78, 5) is 4.62. The van der Waals surface area contributed by atoms with E-state index in [1.54, 1.807) is 37.3 Å². The molecule has 0 atom stereocenters. The van der Waals surface area contributed by atoms with Crippen molar-refractivity contribution < 1.29 is 30.7 Å². The quantitative estimate of drug-likeness (QED) is 0.107. The Bertz CT molecular complexity index is 1810. The molecule has 214 valence electrons. The zero-order valence-electron chi connectivity index (χ0n) is 22.0. The number of nitrogens with one attached hydrogen (secondary N) is 2. The number of oxazole rings is 1. The molecule has 0 radical (unpaired) electrons. The molecular weight excluding hydrogens is 569 g/mol. The van der Waals surface area contributed by atoms with E-state index >= 15 is 0 Å². The van der Waals surface area contributed by atoms with Gasteiger partial charge in [0.25, 0.3) is 0 Å². The number of allylic oxidation sites excluding steroid dienone is 1. The van der Waals surface area contributed by atoms with Crippen molar-refractivity contribution >= 4 is 22.1 Å². The number of aryl methyl sites for hydroxylation is 1. The zero-order chi connectivity index (χ0) is 30.0. The first-order valence-electron chi connectivity index (χ1n) is 12.7. The molecule has 0 bridgehead atoms. The van der Waals surface area contributed by atoms with Crippen LogP contribution in [0.5, 0.6) is 5.75 Å². The first kappa shape index (κ1) is 28.6. The number of benzene rings is 3. The highest BCUT2D eigenvalue weighted by molar-refractivity contribution is 7.72. The fourth-order valence-corrected chi connectivity index (χ4v) is 4.82. The number of nitrogens with zero attached hydrogens (tertiary/aromatic N) is 2. The number of halogens is 3. The molecule has 2 N–H and O–H groups in total. The van der Waals surface area contributed by atoms with Crippen molar-refractivity contribution in [3.05, 3.63) is 84.4 Å². The highest BCUT2D eigenvalue weighted by Gasteiger charge is 2.31. The number of hydrogen-bond acceptors (Lipinski definition) is 8. The van der Waals surface area contributed by atoms with E-state index in [0.29, 0.717) is 39.5 Å². The van der Waals surface area contributed by atoms with Crippen LogP contribution in [0.25, 0.3) is 33.7 Å². The SMILES string of the molecule is Cc1nc(-c2ccc(OC(F)(F)F)cc2)c(-c2cc(-c3cccc([SH](=O)=O)c3)ccc2N/C=C(/C#N)C(=N)C2CC2)o1. The van der Waals surface area contributed by atoms with Gasteiger partial charge < -0.3 is 19.9 Å². The monoisotopic (exact) mass is 592 g/mol. The smallest absolute Gasteiger partial charge is 0.440 e. The normalized spacial score (nSPS) is 13.6. The summed E-state index contributed by atoms with van der Waals surface area (Å²) in [6.45, 7) is 1.63. The van der Waals surface area contributed by atoms with Crippen LogP contribution in [0.3, 0.4) is 0 Å². The number of ether oxygens (including phenoxy) is 1. The highest BCUT2D eigenvalue weighted by atomic mass is 32.2. The summed E-state index contributed by atoms with van der Waals surface area (Å²) in [7, 11) is -2.81. The first-order valence-corrected chi connectivity index (χ1v) is 13.9. The summed E-state index contributed by atoms with van der Waals surface area (Å²) >= 11 is 0. The molecule has 0 aliphatic heterocycles. The molecule has 8 nitrogen and oxygen atoms in total. The second kappa shape index (κ2) is 11.5. The first-order chi connectivity index (χ1) is 20.0. The van der Waals surface area contributed by atoms with Gasteiger partial charge in [-0.3, -0.25) is 0 Å². The average molecular weight is 593 g/mol. The van der Waals surface area contributed by atoms with Gasteiger partial charge in [-0.25, -0.2) is 13.4 Å². The average Bonchev–Trinajstić information content (AvgIpc) is 3.74. The van der Waals surface area contributed by atoms with E-state index in [4.69, 9.17) is 9.83 Å². The Hall–Kier alpha value is -4.89. The number of nitriles is 1. The van der Waals surface area contributed by atoms with Crippen LogP contribution in [-0.2, 0) is 10.7 Å². The van der Waals surface area contributed by atoms with Crippen LogP contribution in [0, 0.1) is 29.6 Å². The molecular formula is C30H23F3N4O4S. The number of rotatable bonds is 9. The van der Waals surface area contributed by atoms with Crippen LogP contribution < -0.4 is 10.1 Å². The molecule has 1 aliphatic carbocycles. The van der Waals surface area contributed by atoms with Crippen molar-refractivity contribution in [2.45, 2.75) is 31.0 Å². The molecule has 1 aromatic heterocycles. The Morgan fingerprint density at radius 3 is 2.43 bits per heavy atom. The summed E-state index contributed by atoms with van der Waals surface area (Å²) in [6, 6.07) is 18.9. The van der Waals surface area contributed by atoms with Gasteiger partial charge >= 0.3 is 6.36 Å². The van der Waals surface area contributed by atoms with E-state index in [0.717, 1.165) is 12.8 Å². The van der Waals surface area contributed by atoms with Crippen molar-refractivity contribution in [3.8, 4) is 45.5 Å². The maximum atomic E-state index is 12.7. The predicted octanol–water partition coefficient (Wildman–Crippen LogP) is 7.10. The second-order valence-electron chi connectivity index (χ2n) is 9.55. The summed E-state index contributed by atoms with van der Waals surface area (Å²) in [6.07, 6.45) is -1.66. The van der Waals surface area contributed by atoms with Gasteiger partial charge in [0, 0.05) is 35.9 Å². The molecule has 1 heterocycles. The lowest BCUT2D eigenvalue weighted by atomic mass is 9.98. The van der Waals surface area contributed by atoms with Crippen molar-refractivity contribution in [2.24, 2.45) is 5.92 Å². The van der Waals surface area contributed by atoms with Crippen LogP contribution in [0.2, 0.25) is 0 Å². The molecule has 42 heavy (non-hydrogen) atoms. The topological polar surface area (TPSA) is 129 Å². The molecule has 3 aromatic carbocycles. The molecule has 0 saturated heterocycles. The summed E-state index contributed by atoms with van der Waals surface area (Å²) in [5.74, 6) is 0.256. The van der Waals surface area contributed by atoms with Crippen LogP contribution in [0.1, 0.15) is 18.7 Å². The third kappa shape index (κ3) is 6.53. The molecule has 0 unspecified atom stereocenters. The Kier molecular flexibility index (Phi) is 7.87. The Morgan fingerprint density at radius 1 is 1.10 bits per heavy atom. The number of aromatic nitrogens is 1. The van der Waals surface area contributed by atoms with Crippen molar-refractivity contribution in [1.82, 2.24) is 4.98 Å². The van der Waals surface area contributed by atoms with Crippen LogP contribution in [-0.4, -0.2) is 25.5 Å². The van der Waals surface area contributed by atoms with E-state index in [1.807, 2.05) is 0 Å². The van der Waals surface area contributed by atoms with Gasteiger partial charge in [0.05, 0.1) is 16.2 Å². The maximum Gasteiger partial charge on any atom is 0.573 e. The molecule has 12 heteroatoms. The molecule has 1 saturated carbocycles. The third-order valence-electron chi connectivity index (χ3n) is 6.52. The van der Waals surface area contributed by atoms with Gasteiger partial charge in [-0.05, 0) is 72.5 Å². The number of thiol groups is 1. The van der Waals surface area contributed by atoms with E-state index in [1.165, 1.54) is 42.6 Å². The van der Waals surface area contributed by atoms with Crippen molar-refractivity contribution in [1.29, 1.82) is 10.7 Å². The van der Waals surface area contributed by atoms with E-state index < -0.39 is 17.1 Å². The van der Waals surface area contributed by atoms with Gasteiger partial charge in [0.1, 0.15) is 17.5 Å². The molecule has 1 fully saturated rings. The Labute approximate surface area is 240 Å². The third-order valence-corrected chi connectivity index (χ3v) is 7.22. The highest BCUT2D eigenvalue weighted by Crippen LogP contribution is 2.40. The number of anilines is 1. The maximum absolute atomic E-state index is 12.7. The summed E-state index contributed by atoms with van der Waals surface area (Å²) in [5.41, 5.74) is 3.50. The standard InChI is InChI=1S/C30H23F3N4O4S/c1-17-37-28(19-7-10-23(11-8-19)41-30(31,32)33)29(40-17)25-14-21(20-3-2-4-24(13-20)42(38)39)9-12-26(25)36-16-22(15-34)27(35)18-5-6-18/h2-4,7-14,16,18,35-36,42H,5-6H2,1H3/b22-16-,35-27?. The molecule has 5 rings (SSSR count). The number of hydrogen-bond donors (Lipinski definition) is 3. The van der Waals surface area contributed by atoms with Gasteiger partial charge in [0.15, 0.2) is 22.4 Å². The van der Waals surface area contributed by atoms with E-state index in [-0.39, 0.29) is 33.6 Å². The van der Waals surface area contributed by atoms with Gasteiger partial charge in [-0.1, -0.05) is 18.2 Å². The van der Waals surface area contributed by atoms with Crippen LogP contribution in [0.15, 0.2) is 87.8 Å². The van der Waals surface area contributed by atoms with Gasteiger partial charge in [0.2, 0.25) is 0 Å². The van der Waals surface area contributed by atoms with Gasteiger partial charge in [-0.2, -0.15) is 5.26 Å². The molecule has 0 amide bonds. The molecule has 1 aliphatic rings. The van der Waals surface area contributed by atoms with E-state index in [9.17, 15) is 26.9 Å². The molecule has 0 spiro atoms. The minimum atomic E-state index is -4.83. The van der Waals surface area contributed by atoms with Crippen LogP contribution in [0.4, 0.5) is 18.9 Å². The lowest BCUT2D eigenvalue weighted by Gasteiger charge is -2.13. The van der Waals surface area contributed by atoms with Crippen molar-refractivity contribution in [3.63, 3.8) is 0 Å². The second-order valence-corrected chi connectivity index (χ2v) is 10.6. The minimum absolute atomic E-state index is 0.0622. The number of alkyl halides is 3. The van der Waals surface area contributed by atoms with E-state index in [2.05, 4.69) is 21.1 Å². The zero-order valence-corrected chi connectivity index (χ0v) is 22.9. The van der Waals surface area contributed by atoms with Crippen LogP contribution >= 0.6 is 0 Å². The fourth-order valence-electron chi connectivity index (χ4n) is 4.37. The Balaban J connectivity index is 1.61. The van der Waals surface area contributed by atoms with Gasteiger partial charge in [-0.15, -0.1) is 13.2 Å². The fraction of sp³-hybridized carbons (Fsp3) is 0.167. The Morgan fingerprint density at radius 2 is 1.79 bits per heavy atom. The minimum Gasteiger partial charge on any atom is -0.440 e. The van der Waals surface area contributed by atoms with Crippen molar-refractivity contribution in [2.75, 3.05) is 5.32 Å².